The summed E-state index contributed by atoms with van der Waals surface area (Å²) in [6.45, 7) is 1.95. The van der Waals surface area contributed by atoms with Crippen LogP contribution < -0.4 is 4.90 Å². The third kappa shape index (κ3) is 3.18. The van der Waals surface area contributed by atoms with Gasteiger partial charge in [-0.2, -0.15) is 0 Å². The first-order valence-electron chi connectivity index (χ1n) is 7.51. The fraction of sp³-hybridized carbons (Fsp3) is 0.600. The van der Waals surface area contributed by atoms with Crippen LogP contribution in [0.5, 0.6) is 0 Å². The molecule has 126 valence electrons. The predicted molar refractivity (Wildman–Crippen MR) is 81.2 cm³/mol. The summed E-state index contributed by atoms with van der Waals surface area (Å²) in [7, 11) is 3.42. The second kappa shape index (κ2) is 6.21. The minimum Gasteiger partial charge on any atom is -0.470 e. The van der Waals surface area contributed by atoms with Gasteiger partial charge in [0.25, 0.3) is 5.91 Å². The first-order chi connectivity index (χ1) is 11.0. The molecular formula is C15H21N3O5. The highest BCUT2D eigenvalue weighted by atomic mass is 16.6. The van der Waals surface area contributed by atoms with Gasteiger partial charge < -0.3 is 28.6 Å². The van der Waals surface area contributed by atoms with E-state index in [4.69, 9.17) is 13.9 Å². The maximum atomic E-state index is 12.3. The molecule has 3 amide bonds. The second-order valence-electron chi connectivity index (χ2n) is 6.08. The number of nitrogens with zero attached hydrogens (tertiary/aromatic N) is 3. The number of anilines is 1. The van der Waals surface area contributed by atoms with Crippen LogP contribution in [0.4, 0.5) is 10.5 Å². The molecule has 1 atom stereocenters. The third-order valence-electron chi connectivity index (χ3n) is 4.07. The fourth-order valence-electron chi connectivity index (χ4n) is 2.90. The van der Waals surface area contributed by atoms with E-state index in [0.717, 1.165) is 0 Å². The molecule has 0 bridgehead atoms. The van der Waals surface area contributed by atoms with E-state index < -0.39 is 5.60 Å². The maximum Gasteiger partial charge on any atom is 0.319 e. The number of rotatable bonds is 1. The standard InChI is InChI=1S/C15H21N3O5/c1-16(2)14(20)17-4-6-22-11-15(9-17)10-18(13(19)8-23-15)12-3-5-21-7-12/h3,5,7H,4,6,8-11H2,1-2H3/t15-/m1/s1. The maximum absolute atomic E-state index is 12.3. The minimum absolute atomic E-state index is 0.0431. The van der Waals surface area contributed by atoms with Crippen LogP contribution >= 0.6 is 0 Å². The monoisotopic (exact) mass is 323 g/mol. The largest absolute Gasteiger partial charge is 0.470 e. The van der Waals surface area contributed by atoms with Crippen molar-refractivity contribution in [3.05, 3.63) is 18.6 Å². The molecule has 0 N–H and O–H groups in total. The van der Waals surface area contributed by atoms with Crippen molar-refractivity contribution in [2.24, 2.45) is 0 Å². The molecule has 23 heavy (non-hydrogen) atoms. The van der Waals surface area contributed by atoms with Crippen molar-refractivity contribution >= 4 is 17.6 Å². The fourth-order valence-corrected chi connectivity index (χ4v) is 2.90. The number of furan rings is 1. The number of carbonyl (C=O) groups is 2. The van der Waals surface area contributed by atoms with Crippen LogP contribution in [0.25, 0.3) is 0 Å². The van der Waals surface area contributed by atoms with E-state index in [-0.39, 0.29) is 18.5 Å². The molecule has 0 aliphatic carbocycles. The Morgan fingerprint density at radius 2 is 2.17 bits per heavy atom. The summed E-state index contributed by atoms with van der Waals surface area (Å²) in [6, 6.07) is 1.64. The average Bonchev–Trinajstić information content (AvgIpc) is 2.98. The molecule has 1 aromatic heterocycles. The highest BCUT2D eigenvalue weighted by Gasteiger charge is 2.44. The smallest absolute Gasteiger partial charge is 0.319 e. The van der Waals surface area contributed by atoms with Crippen LogP contribution in [-0.2, 0) is 14.3 Å². The van der Waals surface area contributed by atoms with Gasteiger partial charge >= 0.3 is 6.03 Å². The Morgan fingerprint density at radius 1 is 1.35 bits per heavy atom. The normalized spacial score (nSPS) is 25.6. The van der Waals surface area contributed by atoms with Gasteiger partial charge in [0.05, 0.1) is 38.3 Å². The molecule has 0 unspecified atom stereocenters. The van der Waals surface area contributed by atoms with Crippen LogP contribution in [0.2, 0.25) is 0 Å². The Labute approximate surface area is 134 Å². The topological polar surface area (TPSA) is 75.5 Å². The highest BCUT2D eigenvalue weighted by Crippen LogP contribution is 2.27. The van der Waals surface area contributed by atoms with Crippen molar-refractivity contribution in [1.29, 1.82) is 0 Å². The summed E-state index contributed by atoms with van der Waals surface area (Å²) in [5, 5.41) is 0. The predicted octanol–water partition coefficient (Wildman–Crippen LogP) is 0.395. The second-order valence-corrected chi connectivity index (χ2v) is 6.08. The summed E-state index contributed by atoms with van der Waals surface area (Å²) >= 11 is 0. The van der Waals surface area contributed by atoms with Crippen LogP contribution in [0, 0.1) is 0 Å². The number of carbonyl (C=O) groups excluding carboxylic acids is 2. The molecule has 1 aromatic rings. The van der Waals surface area contributed by atoms with Gasteiger partial charge in [-0.05, 0) is 0 Å². The van der Waals surface area contributed by atoms with E-state index in [1.165, 1.54) is 17.4 Å². The SMILES string of the molecule is CN(C)C(=O)N1CCOC[C@@]2(C1)CN(c1ccoc1)C(=O)CO2. The van der Waals surface area contributed by atoms with Crippen molar-refractivity contribution < 1.29 is 23.5 Å². The number of hydrogen-bond acceptors (Lipinski definition) is 5. The highest BCUT2D eigenvalue weighted by molar-refractivity contribution is 5.95. The molecule has 0 aromatic carbocycles. The summed E-state index contributed by atoms with van der Waals surface area (Å²) in [5.41, 5.74) is -0.0414. The van der Waals surface area contributed by atoms with Gasteiger partial charge in [0.15, 0.2) is 0 Å². The number of ether oxygens (including phenoxy) is 2. The molecule has 8 heteroatoms. The first kappa shape index (κ1) is 15.8. The molecule has 3 rings (SSSR count). The molecule has 8 nitrogen and oxygen atoms in total. The number of hydrogen-bond donors (Lipinski definition) is 0. The third-order valence-corrected chi connectivity index (χ3v) is 4.07. The summed E-state index contributed by atoms with van der Waals surface area (Å²) in [6.07, 6.45) is 3.05. The molecule has 2 aliphatic rings. The number of urea groups is 1. The summed E-state index contributed by atoms with van der Waals surface area (Å²) in [5.74, 6) is -0.133. The first-order valence-corrected chi connectivity index (χ1v) is 7.51. The van der Waals surface area contributed by atoms with Crippen LogP contribution in [0.1, 0.15) is 0 Å². The average molecular weight is 323 g/mol. The van der Waals surface area contributed by atoms with Gasteiger partial charge in [-0.25, -0.2) is 4.79 Å². The lowest BCUT2D eigenvalue weighted by molar-refractivity contribution is -0.145. The van der Waals surface area contributed by atoms with E-state index in [9.17, 15) is 9.59 Å². The van der Waals surface area contributed by atoms with Crippen molar-refractivity contribution in [3.8, 4) is 0 Å². The van der Waals surface area contributed by atoms with E-state index in [0.29, 0.717) is 38.5 Å². The molecule has 0 radical (unpaired) electrons. The van der Waals surface area contributed by atoms with Crippen LogP contribution in [0.3, 0.4) is 0 Å². The lowest BCUT2D eigenvalue weighted by atomic mass is 10.0. The molecule has 3 heterocycles. The van der Waals surface area contributed by atoms with Gasteiger partial charge in [0.2, 0.25) is 0 Å². The molecule has 0 saturated carbocycles. The van der Waals surface area contributed by atoms with Gasteiger partial charge in [0.1, 0.15) is 18.5 Å². The zero-order chi connectivity index (χ0) is 16.4. The Bertz CT molecular complexity index is 574. The summed E-state index contributed by atoms with van der Waals surface area (Å²) < 4.78 is 16.5. The Balaban J connectivity index is 1.81. The van der Waals surface area contributed by atoms with E-state index in [1.54, 1.807) is 30.0 Å². The lowest BCUT2D eigenvalue weighted by Crippen LogP contribution is -2.61. The zero-order valence-electron chi connectivity index (χ0n) is 13.4. The van der Waals surface area contributed by atoms with E-state index in [1.807, 2.05) is 0 Å². The minimum atomic E-state index is -0.729. The van der Waals surface area contributed by atoms with Gasteiger partial charge in [-0.15, -0.1) is 0 Å². The molecule has 1 spiro atoms. The van der Waals surface area contributed by atoms with Crippen molar-refractivity contribution in [2.45, 2.75) is 5.60 Å². The lowest BCUT2D eigenvalue weighted by Gasteiger charge is -2.42. The zero-order valence-corrected chi connectivity index (χ0v) is 13.4. The molecule has 2 aliphatic heterocycles. The van der Waals surface area contributed by atoms with Crippen molar-refractivity contribution in [2.75, 3.05) is 58.5 Å². The quantitative estimate of drug-likeness (QED) is 0.747. The Kier molecular flexibility index (Phi) is 4.27. The van der Waals surface area contributed by atoms with Crippen LogP contribution in [0.15, 0.2) is 23.0 Å². The Morgan fingerprint density at radius 3 is 2.87 bits per heavy atom. The van der Waals surface area contributed by atoms with E-state index >= 15 is 0 Å². The molecular weight excluding hydrogens is 302 g/mol. The molecule has 2 fully saturated rings. The molecule has 2 saturated heterocycles. The Hall–Kier alpha value is -2.06. The van der Waals surface area contributed by atoms with Gasteiger partial charge in [0, 0.05) is 26.7 Å². The number of amides is 3. The van der Waals surface area contributed by atoms with Crippen molar-refractivity contribution in [3.63, 3.8) is 0 Å². The van der Waals surface area contributed by atoms with Crippen molar-refractivity contribution in [1.82, 2.24) is 9.80 Å². The van der Waals surface area contributed by atoms with Gasteiger partial charge in [-0.1, -0.05) is 0 Å². The number of morpholine rings is 1. The van der Waals surface area contributed by atoms with E-state index in [2.05, 4.69) is 0 Å². The summed E-state index contributed by atoms with van der Waals surface area (Å²) in [4.78, 5) is 29.3. The van der Waals surface area contributed by atoms with Crippen LogP contribution in [-0.4, -0.2) is 80.9 Å². The van der Waals surface area contributed by atoms with Gasteiger partial charge in [-0.3, -0.25) is 4.79 Å².